The lowest BCUT2D eigenvalue weighted by atomic mass is 10.1. The van der Waals surface area contributed by atoms with E-state index in [2.05, 4.69) is 11.4 Å². The van der Waals surface area contributed by atoms with Crippen LogP contribution in [0, 0.1) is 18.3 Å². The standard InChI is InChI=1S/C22H17N3O/c1-14-7-3-4-11-18(14)24-22(26)17(13-23)21-16-10-5-8-15-9-6-12-19(20(15)16)25(21)2/h3-12H,1-2H3,(H,24,26). The number of rotatable bonds is 2. The molecule has 26 heavy (non-hydrogen) atoms. The van der Waals surface area contributed by atoms with Crippen LogP contribution in [0.15, 0.2) is 60.7 Å². The number of benzene rings is 3. The number of aryl methyl sites for hydroxylation is 2. The number of nitrogens with zero attached hydrogens (tertiary/aromatic N) is 2. The second-order valence-corrected chi connectivity index (χ2v) is 6.34. The second kappa shape index (κ2) is 6.05. The molecule has 0 unspecified atom stereocenters. The third-order valence-electron chi connectivity index (χ3n) is 4.80. The minimum absolute atomic E-state index is 0.111. The van der Waals surface area contributed by atoms with Gasteiger partial charge in [-0.2, -0.15) is 5.26 Å². The van der Waals surface area contributed by atoms with Crippen LogP contribution in [0.5, 0.6) is 0 Å². The first-order valence-electron chi connectivity index (χ1n) is 8.39. The maximum absolute atomic E-state index is 12.9. The Morgan fingerprint density at radius 3 is 2.50 bits per heavy atom. The molecular formula is C22H17N3O. The number of nitrogens with one attached hydrogen (secondary N) is 1. The Bertz CT molecular complexity index is 1250. The first-order valence-corrected chi connectivity index (χ1v) is 8.39. The van der Waals surface area contributed by atoms with Crippen LogP contribution < -0.4 is 10.7 Å². The van der Waals surface area contributed by atoms with Crippen molar-refractivity contribution < 1.29 is 4.79 Å². The third kappa shape index (κ3) is 2.34. The first-order chi connectivity index (χ1) is 12.6. The normalized spacial score (nSPS) is 12.2. The molecular weight excluding hydrogens is 322 g/mol. The van der Waals surface area contributed by atoms with Crippen molar-refractivity contribution in [1.29, 1.82) is 5.26 Å². The minimum Gasteiger partial charge on any atom is -0.342 e. The lowest BCUT2D eigenvalue weighted by molar-refractivity contribution is -0.111. The van der Waals surface area contributed by atoms with Crippen molar-refractivity contribution >= 4 is 38.8 Å². The third-order valence-corrected chi connectivity index (χ3v) is 4.80. The van der Waals surface area contributed by atoms with Crippen LogP contribution >= 0.6 is 0 Å². The maximum Gasteiger partial charge on any atom is 0.268 e. The molecule has 3 aromatic carbocycles. The summed E-state index contributed by atoms with van der Waals surface area (Å²) in [4.78, 5) is 12.9. The van der Waals surface area contributed by atoms with Gasteiger partial charge in [-0.3, -0.25) is 4.79 Å². The van der Waals surface area contributed by atoms with Crippen LogP contribution in [-0.2, 0) is 11.8 Å². The fraction of sp³-hybridized carbons (Fsp3) is 0.0909. The largest absolute Gasteiger partial charge is 0.342 e. The highest BCUT2D eigenvalue weighted by Crippen LogP contribution is 2.25. The monoisotopic (exact) mass is 339 g/mol. The first kappa shape index (κ1) is 15.9. The van der Waals surface area contributed by atoms with Crippen LogP contribution in [0.4, 0.5) is 5.69 Å². The minimum atomic E-state index is -0.395. The highest BCUT2D eigenvalue weighted by atomic mass is 16.1. The summed E-state index contributed by atoms with van der Waals surface area (Å²) in [5, 5.41) is 16.4. The quantitative estimate of drug-likeness (QED) is 0.606. The molecule has 1 heterocycles. The average molecular weight is 339 g/mol. The highest BCUT2D eigenvalue weighted by molar-refractivity contribution is 6.26. The van der Waals surface area contributed by atoms with Crippen molar-refractivity contribution in [2.45, 2.75) is 6.92 Å². The van der Waals surface area contributed by atoms with Crippen molar-refractivity contribution in [3.05, 3.63) is 71.6 Å². The van der Waals surface area contributed by atoms with Gasteiger partial charge in [-0.05, 0) is 30.0 Å². The Hall–Kier alpha value is -3.58. The lowest BCUT2D eigenvalue weighted by Crippen LogP contribution is -2.24. The SMILES string of the molecule is Cc1ccccc1NC(=O)C(C#N)=c1c2cccc3cccc(c32)n1C. The Labute approximate surface area is 150 Å². The summed E-state index contributed by atoms with van der Waals surface area (Å²) >= 11 is 0. The van der Waals surface area contributed by atoms with Gasteiger partial charge in [0.2, 0.25) is 0 Å². The highest BCUT2D eigenvalue weighted by Gasteiger charge is 2.17. The van der Waals surface area contributed by atoms with Gasteiger partial charge in [0.15, 0.2) is 0 Å². The molecule has 0 aliphatic rings. The van der Waals surface area contributed by atoms with Crippen LogP contribution in [0.25, 0.3) is 27.2 Å². The van der Waals surface area contributed by atoms with E-state index in [1.807, 2.05) is 79.2 Å². The van der Waals surface area contributed by atoms with Gasteiger partial charge in [0.05, 0.1) is 5.35 Å². The fourth-order valence-corrected chi connectivity index (χ4v) is 3.51. The van der Waals surface area contributed by atoms with E-state index in [0.717, 1.165) is 27.2 Å². The Morgan fingerprint density at radius 2 is 1.77 bits per heavy atom. The fourth-order valence-electron chi connectivity index (χ4n) is 3.51. The molecule has 0 saturated carbocycles. The molecule has 0 spiro atoms. The Kier molecular flexibility index (Phi) is 3.70. The molecule has 0 aliphatic carbocycles. The number of carbonyl (C=O) groups excluding carboxylic acids is 1. The topological polar surface area (TPSA) is 57.8 Å². The van der Waals surface area contributed by atoms with Gasteiger partial charge in [0.25, 0.3) is 5.91 Å². The number of carbonyl (C=O) groups is 1. The van der Waals surface area contributed by atoms with E-state index in [-0.39, 0.29) is 5.57 Å². The van der Waals surface area contributed by atoms with Crippen LogP contribution in [0.2, 0.25) is 0 Å². The van der Waals surface area contributed by atoms with Crippen molar-refractivity contribution in [2.24, 2.45) is 7.05 Å². The zero-order valence-corrected chi connectivity index (χ0v) is 14.6. The smallest absolute Gasteiger partial charge is 0.268 e. The van der Waals surface area contributed by atoms with E-state index in [1.165, 1.54) is 0 Å². The molecule has 0 saturated heterocycles. The van der Waals surface area contributed by atoms with Gasteiger partial charge in [-0.1, -0.05) is 48.5 Å². The van der Waals surface area contributed by atoms with Crippen LogP contribution in [0.3, 0.4) is 0 Å². The number of nitriles is 1. The predicted molar refractivity (Wildman–Crippen MR) is 104 cm³/mol. The summed E-state index contributed by atoms with van der Waals surface area (Å²) in [5.41, 5.74) is 2.78. The number of anilines is 1. The molecule has 1 N–H and O–H groups in total. The zero-order chi connectivity index (χ0) is 18.3. The van der Waals surface area contributed by atoms with Gasteiger partial charge >= 0.3 is 0 Å². The number of hydrogen-bond acceptors (Lipinski definition) is 2. The van der Waals surface area contributed by atoms with Gasteiger partial charge in [0, 0.05) is 29.0 Å². The molecule has 0 atom stereocenters. The molecule has 4 nitrogen and oxygen atoms in total. The second-order valence-electron chi connectivity index (χ2n) is 6.34. The van der Waals surface area contributed by atoms with E-state index in [9.17, 15) is 10.1 Å². The molecule has 126 valence electrons. The van der Waals surface area contributed by atoms with E-state index in [1.54, 1.807) is 0 Å². The summed E-state index contributed by atoms with van der Waals surface area (Å²) < 4.78 is 1.92. The Morgan fingerprint density at radius 1 is 1.04 bits per heavy atom. The molecule has 1 amide bonds. The summed E-state index contributed by atoms with van der Waals surface area (Å²) in [6.07, 6.45) is 0. The van der Waals surface area contributed by atoms with Crippen LogP contribution in [0.1, 0.15) is 5.56 Å². The van der Waals surface area contributed by atoms with Crippen molar-refractivity contribution in [3.63, 3.8) is 0 Å². The number of para-hydroxylation sites is 1. The van der Waals surface area contributed by atoms with Gasteiger partial charge in [-0.25, -0.2) is 0 Å². The van der Waals surface area contributed by atoms with Crippen LogP contribution in [-0.4, -0.2) is 10.5 Å². The van der Waals surface area contributed by atoms with Gasteiger partial charge in [0.1, 0.15) is 11.6 Å². The molecule has 4 heteroatoms. The number of amides is 1. The zero-order valence-electron chi connectivity index (χ0n) is 14.6. The molecule has 0 aliphatic heterocycles. The van der Waals surface area contributed by atoms with E-state index in [4.69, 9.17) is 0 Å². The average Bonchev–Trinajstić information content (AvgIpc) is 2.93. The summed E-state index contributed by atoms with van der Waals surface area (Å²) in [6.45, 7) is 1.92. The number of hydrogen-bond donors (Lipinski definition) is 1. The van der Waals surface area contributed by atoms with Gasteiger partial charge in [-0.15, -0.1) is 0 Å². The maximum atomic E-state index is 12.9. The summed E-state index contributed by atoms with van der Waals surface area (Å²) in [5.74, 6) is -0.395. The molecule has 4 aromatic rings. The van der Waals surface area contributed by atoms with Crippen molar-refractivity contribution in [1.82, 2.24) is 4.57 Å². The van der Waals surface area contributed by atoms with E-state index in [0.29, 0.717) is 11.0 Å². The van der Waals surface area contributed by atoms with E-state index >= 15 is 0 Å². The molecule has 0 radical (unpaired) electrons. The lowest BCUT2D eigenvalue weighted by Gasteiger charge is -2.07. The number of aromatic nitrogens is 1. The molecule has 1 aromatic heterocycles. The van der Waals surface area contributed by atoms with Crippen molar-refractivity contribution in [2.75, 3.05) is 5.32 Å². The molecule has 0 bridgehead atoms. The summed E-state index contributed by atoms with van der Waals surface area (Å²) in [6, 6.07) is 21.6. The predicted octanol–water partition coefficient (Wildman–Crippen LogP) is 3.67. The molecule has 0 fully saturated rings. The van der Waals surface area contributed by atoms with Gasteiger partial charge < -0.3 is 9.88 Å². The van der Waals surface area contributed by atoms with E-state index < -0.39 is 5.91 Å². The molecule has 4 rings (SSSR count). The van der Waals surface area contributed by atoms with Crippen molar-refractivity contribution in [3.8, 4) is 6.07 Å². The Balaban J connectivity index is 1.99. The summed E-state index contributed by atoms with van der Waals surface area (Å²) in [7, 11) is 1.89.